The first kappa shape index (κ1) is 22.9. The van der Waals surface area contributed by atoms with Gasteiger partial charge in [-0.1, -0.05) is 0 Å². The SMILES string of the molecule is CCOC1(OCC)CC(C(=O)OC)C(C#N)(C#N)C(C(=O)OC)C1(C#N)C#N. The van der Waals surface area contributed by atoms with Crippen molar-refractivity contribution < 1.29 is 28.5 Å². The Balaban J connectivity index is 4.08. The lowest BCUT2D eigenvalue weighted by molar-refractivity contribution is -0.310. The highest BCUT2D eigenvalue weighted by Gasteiger charge is 2.76. The van der Waals surface area contributed by atoms with Crippen molar-refractivity contribution in [2.24, 2.45) is 22.7 Å². The first-order chi connectivity index (χ1) is 13.3. The molecule has 0 radical (unpaired) electrons. The van der Waals surface area contributed by atoms with Crippen molar-refractivity contribution >= 4 is 11.9 Å². The predicted octanol–water partition coefficient (Wildman–Crippen LogP) is 0.805. The van der Waals surface area contributed by atoms with Crippen molar-refractivity contribution in [1.82, 2.24) is 0 Å². The summed E-state index contributed by atoms with van der Waals surface area (Å²) in [4.78, 5) is 25.2. The lowest BCUT2D eigenvalue weighted by Crippen LogP contribution is -2.68. The Labute approximate surface area is 162 Å². The third kappa shape index (κ3) is 2.94. The second-order valence-corrected chi connectivity index (χ2v) is 5.98. The van der Waals surface area contributed by atoms with E-state index in [4.69, 9.17) is 18.9 Å². The van der Waals surface area contributed by atoms with E-state index in [1.54, 1.807) is 38.1 Å². The molecule has 10 nitrogen and oxygen atoms in total. The summed E-state index contributed by atoms with van der Waals surface area (Å²) in [5.74, 6) is -7.76. The number of nitrogens with zero attached hydrogens (tertiary/aromatic N) is 4. The van der Waals surface area contributed by atoms with Crippen LogP contribution in [0.3, 0.4) is 0 Å². The number of methoxy groups -OCH3 is 2. The van der Waals surface area contributed by atoms with Gasteiger partial charge in [-0.05, 0) is 13.8 Å². The van der Waals surface area contributed by atoms with Gasteiger partial charge in [0.1, 0.15) is 5.92 Å². The summed E-state index contributed by atoms with van der Waals surface area (Å²) in [7, 11) is 2.03. The van der Waals surface area contributed by atoms with E-state index in [1.807, 2.05) is 0 Å². The lowest BCUT2D eigenvalue weighted by atomic mass is 9.49. The second kappa shape index (κ2) is 8.67. The van der Waals surface area contributed by atoms with Crippen LogP contribution in [0.25, 0.3) is 0 Å². The maximum Gasteiger partial charge on any atom is 0.314 e. The average molecular weight is 388 g/mol. The number of ether oxygens (including phenoxy) is 4. The minimum atomic E-state index is -2.44. The Morgan fingerprint density at radius 2 is 1.36 bits per heavy atom. The van der Waals surface area contributed by atoms with E-state index in [0.717, 1.165) is 14.2 Å². The van der Waals surface area contributed by atoms with E-state index in [2.05, 4.69) is 0 Å². The predicted molar refractivity (Wildman–Crippen MR) is 88.9 cm³/mol. The molecule has 0 aromatic heterocycles. The van der Waals surface area contributed by atoms with Gasteiger partial charge in [-0.15, -0.1) is 0 Å². The van der Waals surface area contributed by atoms with E-state index in [1.165, 1.54) is 0 Å². The summed E-state index contributed by atoms with van der Waals surface area (Å²) >= 11 is 0. The molecule has 0 spiro atoms. The zero-order valence-corrected chi connectivity index (χ0v) is 16.0. The van der Waals surface area contributed by atoms with Crippen LogP contribution in [0.4, 0.5) is 0 Å². The number of nitriles is 4. The molecule has 148 valence electrons. The molecule has 0 saturated heterocycles. The van der Waals surface area contributed by atoms with Gasteiger partial charge < -0.3 is 18.9 Å². The van der Waals surface area contributed by atoms with Gasteiger partial charge in [0, 0.05) is 19.6 Å². The van der Waals surface area contributed by atoms with Crippen molar-refractivity contribution in [3.05, 3.63) is 0 Å². The van der Waals surface area contributed by atoms with Gasteiger partial charge >= 0.3 is 11.9 Å². The lowest BCUT2D eigenvalue weighted by Gasteiger charge is -2.53. The number of carbonyl (C=O) groups excluding carboxylic acids is 2. The van der Waals surface area contributed by atoms with Crippen molar-refractivity contribution in [2.45, 2.75) is 26.1 Å². The Morgan fingerprint density at radius 3 is 1.68 bits per heavy atom. The molecule has 1 rings (SSSR count). The fraction of sp³-hybridized carbons (Fsp3) is 0.667. The van der Waals surface area contributed by atoms with E-state index < -0.39 is 46.8 Å². The molecule has 10 heteroatoms. The fourth-order valence-electron chi connectivity index (χ4n) is 3.73. The molecule has 0 N–H and O–H groups in total. The molecule has 1 aliphatic carbocycles. The van der Waals surface area contributed by atoms with Gasteiger partial charge in [0.15, 0.2) is 5.41 Å². The van der Waals surface area contributed by atoms with E-state index in [9.17, 15) is 30.6 Å². The molecule has 0 bridgehead atoms. The summed E-state index contributed by atoms with van der Waals surface area (Å²) in [6.45, 7) is 3.05. The highest BCUT2D eigenvalue weighted by molar-refractivity contribution is 5.83. The van der Waals surface area contributed by atoms with Crippen LogP contribution in [0.2, 0.25) is 0 Å². The monoisotopic (exact) mass is 388 g/mol. The third-order valence-electron chi connectivity index (χ3n) is 4.91. The van der Waals surface area contributed by atoms with Gasteiger partial charge in [-0.2, -0.15) is 21.0 Å². The molecular formula is C18H20N4O6. The van der Waals surface area contributed by atoms with Crippen LogP contribution in [0, 0.1) is 68.0 Å². The molecular weight excluding hydrogens is 368 g/mol. The highest BCUT2D eigenvalue weighted by Crippen LogP contribution is 2.60. The molecule has 0 aromatic carbocycles. The van der Waals surface area contributed by atoms with Crippen LogP contribution in [0.1, 0.15) is 20.3 Å². The number of hydrogen-bond acceptors (Lipinski definition) is 10. The molecule has 0 aliphatic heterocycles. The summed E-state index contributed by atoms with van der Waals surface area (Å²) in [5.41, 5.74) is -4.86. The molecule has 0 heterocycles. The topological polar surface area (TPSA) is 166 Å². The van der Waals surface area contributed by atoms with Gasteiger partial charge in [0.2, 0.25) is 11.2 Å². The average Bonchev–Trinajstić information content (AvgIpc) is 2.72. The Kier molecular flexibility index (Phi) is 7.08. The van der Waals surface area contributed by atoms with Crippen molar-refractivity contribution in [2.75, 3.05) is 27.4 Å². The smallest absolute Gasteiger partial charge is 0.314 e. The number of rotatable bonds is 6. The fourth-order valence-corrected chi connectivity index (χ4v) is 3.73. The van der Waals surface area contributed by atoms with Crippen molar-refractivity contribution in [3.8, 4) is 24.3 Å². The van der Waals surface area contributed by atoms with Crippen molar-refractivity contribution in [1.29, 1.82) is 21.0 Å². The summed E-state index contributed by atoms with van der Waals surface area (Å²) < 4.78 is 20.7. The summed E-state index contributed by atoms with van der Waals surface area (Å²) in [5, 5.41) is 39.6. The molecule has 1 saturated carbocycles. The van der Waals surface area contributed by atoms with Gasteiger partial charge in [0.25, 0.3) is 0 Å². The molecule has 1 aliphatic rings. The first-order valence-corrected chi connectivity index (χ1v) is 8.38. The van der Waals surface area contributed by atoms with E-state index >= 15 is 0 Å². The maximum absolute atomic E-state index is 12.7. The Morgan fingerprint density at radius 1 is 0.893 bits per heavy atom. The Hall–Kier alpha value is -3.18. The second-order valence-electron chi connectivity index (χ2n) is 5.98. The molecule has 0 aromatic rings. The largest absolute Gasteiger partial charge is 0.469 e. The van der Waals surface area contributed by atoms with Gasteiger partial charge in [-0.25, -0.2) is 0 Å². The zero-order chi connectivity index (χ0) is 21.6. The molecule has 2 atom stereocenters. The van der Waals surface area contributed by atoms with Crippen LogP contribution in [0.15, 0.2) is 0 Å². The van der Waals surface area contributed by atoms with Crippen LogP contribution in [-0.4, -0.2) is 45.2 Å². The van der Waals surface area contributed by atoms with Crippen molar-refractivity contribution in [3.63, 3.8) is 0 Å². The van der Waals surface area contributed by atoms with Crippen LogP contribution < -0.4 is 0 Å². The molecule has 1 fully saturated rings. The molecule has 28 heavy (non-hydrogen) atoms. The number of carbonyl (C=O) groups is 2. The van der Waals surface area contributed by atoms with Crippen LogP contribution >= 0.6 is 0 Å². The minimum Gasteiger partial charge on any atom is -0.469 e. The van der Waals surface area contributed by atoms with E-state index in [-0.39, 0.29) is 13.2 Å². The molecule has 2 unspecified atom stereocenters. The zero-order valence-electron chi connectivity index (χ0n) is 16.0. The minimum absolute atomic E-state index is 0.0427. The standard InChI is InChI=1S/C18H20N4O6/c1-5-27-18(28-6-2)7-12(14(23)25-3)16(8-19,9-20)13(15(24)26-4)17(18,10-21)11-22/h12-13H,5-7H2,1-4H3. The van der Waals surface area contributed by atoms with E-state index in [0.29, 0.717) is 0 Å². The summed E-state index contributed by atoms with van der Waals surface area (Å²) in [6.07, 6.45) is -0.517. The number of hydrogen-bond donors (Lipinski definition) is 0. The highest BCUT2D eigenvalue weighted by atomic mass is 16.7. The summed E-state index contributed by atoms with van der Waals surface area (Å²) in [6, 6.07) is 6.79. The van der Waals surface area contributed by atoms with Gasteiger partial charge in [-0.3, -0.25) is 9.59 Å². The van der Waals surface area contributed by atoms with Gasteiger partial charge in [0.05, 0.1) is 44.4 Å². The first-order valence-electron chi connectivity index (χ1n) is 8.38. The Bertz CT molecular complexity index is 763. The van der Waals surface area contributed by atoms with Crippen LogP contribution in [-0.2, 0) is 28.5 Å². The maximum atomic E-state index is 12.7. The van der Waals surface area contributed by atoms with Crippen LogP contribution in [0.5, 0.6) is 0 Å². The normalized spacial score (nSPS) is 23.7. The third-order valence-corrected chi connectivity index (χ3v) is 4.91. The number of esters is 2. The quantitative estimate of drug-likeness (QED) is 0.469. The molecule has 0 amide bonds.